The van der Waals surface area contributed by atoms with E-state index in [2.05, 4.69) is 11.6 Å². The second kappa shape index (κ2) is 11.0. The molecule has 0 aliphatic carbocycles. The number of rotatable bonds is 6. The predicted molar refractivity (Wildman–Crippen MR) is 136 cm³/mol. The van der Waals surface area contributed by atoms with E-state index in [9.17, 15) is 18.0 Å². The molecule has 35 heavy (non-hydrogen) atoms. The number of morpholine rings is 1. The number of amides is 2. The minimum Gasteiger partial charge on any atom is -0.378 e. The van der Waals surface area contributed by atoms with Crippen molar-refractivity contribution in [3.63, 3.8) is 0 Å². The van der Waals surface area contributed by atoms with Crippen LogP contribution in [0.1, 0.15) is 40.5 Å². The van der Waals surface area contributed by atoms with E-state index in [4.69, 9.17) is 4.74 Å². The highest BCUT2D eigenvalue weighted by atomic mass is 32.2. The molecule has 2 aliphatic rings. The number of carbonyl (C=O) groups excluding carboxylic acids is 2. The van der Waals surface area contributed by atoms with Crippen molar-refractivity contribution in [2.75, 3.05) is 50.4 Å². The van der Waals surface area contributed by atoms with Gasteiger partial charge >= 0.3 is 0 Å². The number of sulfonamides is 1. The maximum Gasteiger partial charge on any atom is 0.261 e. The fraction of sp³-hybridized carbons (Fsp3) is 0.440. The third kappa shape index (κ3) is 5.82. The first-order valence-electron chi connectivity index (χ1n) is 11.8. The summed E-state index contributed by atoms with van der Waals surface area (Å²) in [5.41, 5.74) is 0.862. The van der Waals surface area contributed by atoms with Gasteiger partial charge in [-0.25, -0.2) is 8.42 Å². The monoisotopic (exact) mass is 517 g/mol. The zero-order valence-electron chi connectivity index (χ0n) is 20.0. The second-order valence-electron chi connectivity index (χ2n) is 8.89. The minimum atomic E-state index is -4.05. The van der Waals surface area contributed by atoms with Gasteiger partial charge in [-0.2, -0.15) is 0 Å². The number of hydrogen-bond acceptors (Lipinski definition) is 6. The molecule has 4 rings (SSSR count). The fourth-order valence-electron chi connectivity index (χ4n) is 4.30. The number of benzene rings is 2. The summed E-state index contributed by atoms with van der Waals surface area (Å²) in [5.74, 6) is 0.177. The van der Waals surface area contributed by atoms with Gasteiger partial charge in [0, 0.05) is 31.1 Å². The summed E-state index contributed by atoms with van der Waals surface area (Å²) >= 11 is 1.41. The van der Waals surface area contributed by atoms with Gasteiger partial charge in [0.1, 0.15) is 0 Å². The van der Waals surface area contributed by atoms with Crippen LogP contribution in [0.5, 0.6) is 0 Å². The lowest BCUT2D eigenvalue weighted by atomic mass is 9.98. The smallest absolute Gasteiger partial charge is 0.261 e. The number of nitrogens with zero attached hydrogens (tertiary/aromatic N) is 2. The van der Waals surface area contributed by atoms with Crippen LogP contribution >= 0.6 is 11.8 Å². The Morgan fingerprint density at radius 1 is 0.943 bits per heavy atom. The molecule has 0 unspecified atom stereocenters. The van der Waals surface area contributed by atoms with E-state index in [1.165, 1.54) is 23.9 Å². The third-order valence-corrected chi connectivity index (χ3v) is 8.64. The summed E-state index contributed by atoms with van der Waals surface area (Å²) in [6.45, 7) is 5.33. The van der Waals surface area contributed by atoms with Crippen LogP contribution in [0.2, 0.25) is 0 Å². The van der Waals surface area contributed by atoms with Crippen molar-refractivity contribution in [2.24, 2.45) is 5.92 Å². The van der Waals surface area contributed by atoms with Gasteiger partial charge in [0.2, 0.25) is 0 Å². The van der Waals surface area contributed by atoms with Crippen LogP contribution in [-0.2, 0) is 14.8 Å². The summed E-state index contributed by atoms with van der Waals surface area (Å²) in [5, 5.41) is 0. The fourth-order valence-corrected chi connectivity index (χ4v) is 5.98. The largest absolute Gasteiger partial charge is 0.378 e. The molecule has 0 saturated carbocycles. The van der Waals surface area contributed by atoms with Crippen LogP contribution in [0.4, 0.5) is 5.69 Å². The maximum absolute atomic E-state index is 13.4. The van der Waals surface area contributed by atoms with E-state index in [-0.39, 0.29) is 28.0 Å². The van der Waals surface area contributed by atoms with Gasteiger partial charge < -0.3 is 14.5 Å². The molecule has 2 fully saturated rings. The zero-order chi connectivity index (χ0) is 25.0. The molecule has 0 aromatic heterocycles. The average Bonchev–Trinajstić information content (AvgIpc) is 2.88. The van der Waals surface area contributed by atoms with E-state index in [0.29, 0.717) is 50.9 Å². The van der Waals surface area contributed by atoms with Crippen molar-refractivity contribution < 1.29 is 22.7 Å². The van der Waals surface area contributed by atoms with Gasteiger partial charge in [-0.15, -0.1) is 11.8 Å². The Hall–Kier alpha value is -2.56. The van der Waals surface area contributed by atoms with Crippen molar-refractivity contribution in [3.8, 4) is 0 Å². The van der Waals surface area contributed by atoms with E-state index < -0.39 is 10.0 Å². The Labute approximate surface area is 211 Å². The number of piperidine rings is 1. The first kappa shape index (κ1) is 25.5. The minimum absolute atomic E-state index is 0.0161. The predicted octanol–water partition coefficient (Wildman–Crippen LogP) is 3.55. The normalized spacial score (nSPS) is 17.3. The Morgan fingerprint density at radius 2 is 1.57 bits per heavy atom. The lowest BCUT2D eigenvalue weighted by molar-refractivity contribution is 0.0303. The molecule has 0 bridgehead atoms. The van der Waals surface area contributed by atoms with Crippen LogP contribution in [-0.4, -0.2) is 75.7 Å². The van der Waals surface area contributed by atoms with Crippen LogP contribution in [0.25, 0.3) is 0 Å². The van der Waals surface area contributed by atoms with Gasteiger partial charge in [-0.1, -0.05) is 19.1 Å². The Morgan fingerprint density at radius 3 is 2.26 bits per heavy atom. The van der Waals surface area contributed by atoms with Crippen LogP contribution in [0.15, 0.2) is 52.3 Å². The van der Waals surface area contributed by atoms with E-state index in [1.54, 1.807) is 40.1 Å². The molecule has 2 saturated heterocycles. The highest BCUT2D eigenvalue weighted by molar-refractivity contribution is 7.98. The SMILES string of the molecule is CSc1ccc(S(=O)(=O)Nc2ccccc2C(=O)N2CCOCC2)cc1C(=O)N1CCC(C)CC1. The Balaban J connectivity index is 1.61. The maximum atomic E-state index is 13.4. The Bertz CT molecular complexity index is 1190. The van der Waals surface area contributed by atoms with Gasteiger partial charge in [0.05, 0.1) is 34.9 Å². The van der Waals surface area contributed by atoms with Crippen LogP contribution in [0, 0.1) is 5.92 Å². The van der Waals surface area contributed by atoms with Crippen molar-refractivity contribution in [2.45, 2.75) is 29.6 Å². The topological polar surface area (TPSA) is 96.0 Å². The summed E-state index contributed by atoms with van der Waals surface area (Å²) in [7, 11) is -4.05. The summed E-state index contributed by atoms with van der Waals surface area (Å²) in [6, 6.07) is 11.2. The standard InChI is InChI=1S/C25H31N3O5S2/c1-18-9-11-27(12-10-18)25(30)21-17-19(7-8-23(21)34-2)35(31,32)26-22-6-4-3-5-20(22)24(29)28-13-15-33-16-14-28/h3-8,17-18,26H,9-16H2,1-2H3. The van der Waals surface area contributed by atoms with Gasteiger partial charge in [0.25, 0.3) is 21.8 Å². The molecular weight excluding hydrogens is 486 g/mol. The summed E-state index contributed by atoms with van der Waals surface area (Å²) in [4.78, 5) is 30.5. The molecule has 2 aliphatic heterocycles. The van der Waals surface area contributed by atoms with Crippen LogP contribution in [0.3, 0.4) is 0 Å². The number of para-hydroxylation sites is 1. The molecule has 10 heteroatoms. The molecular formula is C25H31N3O5S2. The number of carbonyl (C=O) groups is 2. The molecule has 2 aromatic rings. The Kier molecular flexibility index (Phi) is 8.03. The number of likely N-dealkylation sites (tertiary alicyclic amines) is 1. The highest BCUT2D eigenvalue weighted by Gasteiger charge is 2.27. The third-order valence-electron chi connectivity index (χ3n) is 6.48. The number of nitrogens with one attached hydrogen (secondary N) is 1. The highest BCUT2D eigenvalue weighted by Crippen LogP contribution is 2.29. The van der Waals surface area contributed by atoms with Crippen molar-refractivity contribution in [1.82, 2.24) is 9.80 Å². The molecule has 188 valence electrons. The van der Waals surface area contributed by atoms with Gasteiger partial charge in [-0.05, 0) is 55.3 Å². The quantitative estimate of drug-likeness (QED) is 0.589. The zero-order valence-corrected chi connectivity index (χ0v) is 21.7. The second-order valence-corrected chi connectivity index (χ2v) is 11.4. The molecule has 2 amide bonds. The number of anilines is 1. The summed E-state index contributed by atoms with van der Waals surface area (Å²) < 4.78 is 34.6. The van der Waals surface area contributed by atoms with Crippen molar-refractivity contribution >= 4 is 39.3 Å². The van der Waals surface area contributed by atoms with E-state index >= 15 is 0 Å². The molecule has 0 spiro atoms. The van der Waals surface area contributed by atoms with Crippen LogP contribution < -0.4 is 4.72 Å². The molecule has 1 N–H and O–H groups in total. The number of hydrogen-bond donors (Lipinski definition) is 1. The molecule has 2 heterocycles. The van der Waals surface area contributed by atoms with E-state index in [1.807, 2.05) is 6.26 Å². The first-order chi connectivity index (χ1) is 16.8. The lowest BCUT2D eigenvalue weighted by Gasteiger charge is -2.31. The molecule has 8 nitrogen and oxygen atoms in total. The summed E-state index contributed by atoms with van der Waals surface area (Å²) in [6.07, 6.45) is 3.74. The molecule has 2 aromatic carbocycles. The number of thioether (sulfide) groups is 1. The van der Waals surface area contributed by atoms with E-state index in [0.717, 1.165) is 17.7 Å². The first-order valence-corrected chi connectivity index (χ1v) is 14.5. The molecule has 0 radical (unpaired) electrons. The lowest BCUT2D eigenvalue weighted by Crippen LogP contribution is -2.41. The van der Waals surface area contributed by atoms with Crippen molar-refractivity contribution in [3.05, 3.63) is 53.6 Å². The number of ether oxygens (including phenoxy) is 1. The molecule has 0 atom stereocenters. The van der Waals surface area contributed by atoms with Gasteiger partial charge in [0.15, 0.2) is 0 Å². The average molecular weight is 518 g/mol. The van der Waals surface area contributed by atoms with Gasteiger partial charge in [-0.3, -0.25) is 14.3 Å². The van der Waals surface area contributed by atoms with Crippen molar-refractivity contribution in [1.29, 1.82) is 0 Å².